The molecule has 9 heteroatoms. The molecule has 0 saturated heterocycles. The highest BCUT2D eigenvalue weighted by Gasteiger charge is 2.23. The summed E-state index contributed by atoms with van der Waals surface area (Å²) in [6.45, 7) is 7.89. The van der Waals surface area contributed by atoms with Gasteiger partial charge in [0.2, 0.25) is 5.91 Å². The van der Waals surface area contributed by atoms with Crippen molar-refractivity contribution in [3.8, 4) is 11.5 Å². The summed E-state index contributed by atoms with van der Waals surface area (Å²) in [6.07, 6.45) is 16.3. The maximum Gasteiger partial charge on any atom is 0.251 e. The molecule has 40 heavy (non-hydrogen) atoms. The van der Waals surface area contributed by atoms with E-state index < -0.39 is 11.8 Å². The van der Waals surface area contributed by atoms with Crippen LogP contribution in [0.3, 0.4) is 0 Å². The summed E-state index contributed by atoms with van der Waals surface area (Å²) in [5.74, 6) is -1.69. The van der Waals surface area contributed by atoms with Gasteiger partial charge in [-0.1, -0.05) is 80.3 Å². The number of ketones is 1. The molecule has 1 aromatic carbocycles. The molecule has 0 radical (unpaired) electrons. The largest absolute Gasteiger partial charge is 0.510 e. The third-order valence-electron chi connectivity index (χ3n) is 6.12. The fourth-order valence-electron chi connectivity index (χ4n) is 4.00. The number of carbonyl (C=O) groups is 3. The van der Waals surface area contributed by atoms with Crippen molar-refractivity contribution in [1.82, 2.24) is 5.32 Å². The SMILES string of the molecule is CCCC[C@@H](C)C=C(C)C=C(C)C(=O)Nc1cc(O)c(C=CC=CC=CC(=O)NC2=C(O)CCC2=O)c(Cl)c1O. The van der Waals surface area contributed by atoms with Crippen molar-refractivity contribution in [3.63, 3.8) is 0 Å². The van der Waals surface area contributed by atoms with Crippen molar-refractivity contribution < 1.29 is 29.7 Å². The Bertz CT molecular complexity index is 1320. The van der Waals surface area contributed by atoms with Crippen LogP contribution in [-0.2, 0) is 14.4 Å². The minimum absolute atomic E-state index is 0.0262. The molecule has 214 valence electrons. The summed E-state index contributed by atoms with van der Waals surface area (Å²) < 4.78 is 0. The van der Waals surface area contributed by atoms with Crippen LogP contribution in [0.5, 0.6) is 11.5 Å². The molecule has 0 spiro atoms. The van der Waals surface area contributed by atoms with Gasteiger partial charge in [0.15, 0.2) is 11.5 Å². The standard InChI is InChI=1S/C31H37ClN2O6/c1-5-6-11-19(2)16-20(3)17-21(4)31(40)33-23-18-26(37)22(28(32)30(23)39)12-9-7-8-10-13-27(38)34-29-24(35)14-15-25(29)36/h7-10,12-13,16-19,35,37,39H,5-6,11,14-15H2,1-4H3,(H,33,40)(H,34,38)/t19-/m1/s1. The number of anilines is 1. The summed E-state index contributed by atoms with van der Waals surface area (Å²) in [6, 6.07) is 1.21. The van der Waals surface area contributed by atoms with E-state index in [1.165, 1.54) is 36.4 Å². The maximum atomic E-state index is 12.7. The molecule has 0 bridgehead atoms. The van der Waals surface area contributed by atoms with Gasteiger partial charge in [-0.3, -0.25) is 14.4 Å². The smallest absolute Gasteiger partial charge is 0.251 e. The molecule has 5 N–H and O–H groups in total. The number of phenolic OH excluding ortho intramolecular Hbond substituents is 2. The number of Topliss-reactive ketones (excluding diaryl/α,β-unsaturated/α-hetero) is 1. The fraction of sp³-hybridized carbons (Fsp3) is 0.323. The van der Waals surface area contributed by atoms with E-state index in [0.29, 0.717) is 11.5 Å². The number of rotatable bonds is 12. The highest BCUT2D eigenvalue weighted by molar-refractivity contribution is 6.34. The number of carbonyl (C=O) groups excluding carboxylic acids is 3. The van der Waals surface area contributed by atoms with Crippen LogP contribution in [0.25, 0.3) is 6.08 Å². The van der Waals surface area contributed by atoms with Crippen LogP contribution in [0.1, 0.15) is 65.4 Å². The molecule has 0 unspecified atom stereocenters. The van der Waals surface area contributed by atoms with E-state index in [1.54, 1.807) is 19.1 Å². The zero-order valence-corrected chi connectivity index (χ0v) is 24.0. The number of aliphatic hydroxyl groups excluding tert-OH is 1. The maximum absolute atomic E-state index is 12.7. The molecule has 0 heterocycles. The topological polar surface area (TPSA) is 136 Å². The Kier molecular flexibility index (Phi) is 12.5. The lowest BCUT2D eigenvalue weighted by Crippen LogP contribution is -2.24. The first-order chi connectivity index (χ1) is 18.9. The van der Waals surface area contributed by atoms with Crippen LogP contribution in [-0.4, -0.2) is 32.9 Å². The van der Waals surface area contributed by atoms with Crippen LogP contribution in [0.4, 0.5) is 5.69 Å². The van der Waals surface area contributed by atoms with Crippen LogP contribution in [0.15, 0.2) is 71.2 Å². The zero-order valence-electron chi connectivity index (χ0n) is 23.3. The van der Waals surface area contributed by atoms with Crippen LogP contribution in [0, 0.1) is 5.92 Å². The fourth-order valence-corrected chi connectivity index (χ4v) is 4.26. The molecular weight excluding hydrogens is 532 g/mol. The van der Waals surface area contributed by atoms with E-state index in [1.807, 2.05) is 6.92 Å². The number of aliphatic hydroxyl groups is 1. The lowest BCUT2D eigenvalue weighted by atomic mass is 10.0. The summed E-state index contributed by atoms with van der Waals surface area (Å²) in [5.41, 5.74) is 1.44. The van der Waals surface area contributed by atoms with Crippen molar-refractivity contribution in [2.45, 2.75) is 59.8 Å². The summed E-state index contributed by atoms with van der Waals surface area (Å²) >= 11 is 6.26. The summed E-state index contributed by atoms with van der Waals surface area (Å²) in [7, 11) is 0. The molecular formula is C31H37ClN2O6. The van der Waals surface area contributed by atoms with Gasteiger partial charge in [-0.2, -0.15) is 0 Å². The lowest BCUT2D eigenvalue weighted by Gasteiger charge is -2.12. The van der Waals surface area contributed by atoms with Crippen molar-refractivity contribution in [3.05, 3.63) is 81.8 Å². The second-order valence-electron chi connectivity index (χ2n) is 9.67. The highest BCUT2D eigenvalue weighted by atomic mass is 35.5. The molecule has 0 saturated carbocycles. The van der Waals surface area contributed by atoms with Gasteiger partial charge in [0, 0.05) is 36.1 Å². The van der Waals surface area contributed by atoms with E-state index in [0.717, 1.165) is 24.8 Å². The Morgan fingerprint density at radius 1 is 1.07 bits per heavy atom. The molecule has 0 aliphatic heterocycles. The molecule has 2 amide bonds. The van der Waals surface area contributed by atoms with Gasteiger partial charge in [0.1, 0.15) is 17.2 Å². The highest BCUT2D eigenvalue weighted by Crippen LogP contribution is 2.41. The van der Waals surface area contributed by atoms with E-state index in [9.17, 15) is 29.7 Å². The Morgan fingerprint density at radius 2 is 1.77 bits per heavy atom. The van der Waals surface area contributed by atoms with Crippen LogP contribution < -0.4 is 10.6 Å². The molecule has 1 aliphatic rings. The van der Waals surface area contributed by atoms with Gasteiger partial charge < -0.3 is 26.0 Å². The third kappa shape index (κ3) is 9.61. The second kappa shape index (κ2) is 15.5. The quantitative estimate of drug-likeness (QED) is 0.0815. The van der Waals surface area contributed by atoms with Gasteiger partial charge in [0.25, 0.3) is 5.91 Å². The van der Waals surface area contributed by atoms with Gasteiger partial charge in [0.05, 0.1) is 10.7 Å². The monoisotopic (exact) mass is 568 g/mol. The van der Waals surface area contributed by atoms with Crippen molar-refractivity contribution in [2.75, 3.05) is 5.32 Å². The number of hydrogen-bond donors (Lipinski definition) is 5. The molecule has 2 rings (SSSR count). The average molecular weight is 569 g/mol. The van der Waals surface area contributed by atoms with Gasteiger partial charge in [-0.05, 0) is 32.3 Å². The Labute approximate surface area is 240 Å². The number of nitrogens with one attached hydrogen (secondary N) is 2. The number of hydrogen-bond acceptors (Lipinski definition) is 6. The first-order valence-electron chi connectivity index (χ1n) is 13.1. The minimum atomic E-state index is -0.563. The normalized spacial score (nSPS) is 15.6. The number of unbranched alkanes of at least 4 members (excludes halogenated alkanes) is 1. The number of benzene rings is 1. The number of amides is 2. The summed E-state index contributed by atoms with van der Waals surface area (Å²) in [4.78, 5) is 36.2. The summed E-state index contributed by atoms with van der Waals surface area (Å²) in [5, 5.41) is 35.4. The number of allylic oxidation sites excluding steroid dienone is 9. The molecule has 8 nitrogen and oxygen atoms in total. The van der Waals surface area contributed by atoms with E-state index in [-0.39, 0.29) is 57.9 Å². The Morgan fingerprint density at radius 3 is 2.42 bits per heavy atom. The number of phenols is 2. The predicted molar refractivity (Wildman–Crippen MR) is 159 cm³/mol. The predicted octanol–water partition coefficient (Wildman–Crippen LogP) is 6.78. The lowest BCUT2D eigenvalue weighted by molar-refractivity contribution is -0.119. The van der Waals surface area contributed by atoms with Crippen LogP contribution >= 0.6 is 11.6 Å². The second-order valence-corrected chi connectivity index (χ2v) is 10.0. The zero-order chi connectivity index (χ0) is 29.8. The van der Waals surface area contributed by atoms with Crippen molar-refractivity contribution >= 4 is 41.0 Å². The van der Waals surface area contributed by atoms with Crippen molar-refractivity contribution in [2.24, 2.45) is 5.92 Å². The van der Waals surface area contributed by atoms with Gasteiger partial charge in [-0.25, -0.2) is 0 Å². The molecule has 0 aromatic heterocycles. The number of halogens is 1. The van der Waals surface area contributed by atoms with Crippen molar-refractivity contribution in [1.29, 1.82) is 0 Å². The first kappa shape index (κ1) is 32.2. The molecule has 0 fully saturated rings. The molecule has 1 aromatic rings. The van der Waals surface area contributed by atoms with E-state index in [4.69, 9.17) is 11.6 Å². The molecule has 1 aliphatic carbocycles. The van der Waals surface area contributed by atoms with Gasteiger partial charge in [-0.15, -0.1) is 0 Å². The molecule has 1 atom stereocenters. The Balaban J connectivity index is 2.03. The Hall–Kier alpha value is -4.04. The van der Waals surface area contributed by atoms with E-state index in [2.05, 4.69) is 30.6 Å². The average Bonchev–Trinajstić information content (AvgIpc) is 3.21. The first-order valence-corrected chi connectivity index (χ1v) is 13.5. The van der Waals surface area contributed by atoms with Gasteiger partial charge >= 0.3 is 0 Å². The minimum Gasteiger partial charge on any atom is -0.510 e. The number of aromatic hydroxyl groups is 2. The van der Waals surface area contributed by atoms with E-state index >= 15 is 0 Å². The third-order valence-corrected chi connectivity index (χ3v) is 6.50. The van der Waals surface area contributed by atoms with Crippen LogP contribution in [0.2, 0.25) is 5.02 Å².